The Bertz CT molecular complexity index is 1220. The lowest BCUT2D eigenvalue weighted by Crippen LogP contribution is -2.25. The number of rotatable bonds is 5. The van der Waals surface area contributed by atoms with E-state index < -0.39 is 6.10 Å². The maximum atomic E-state index is 10.8. The number of aliphatic hydroxyl groups excluding tert-OH is 1. The van der Waals surface area contributed by atoms with E-state index in [9.17, 15) is 5.11 Å². The average Bonchev–Trinajstić information content (AvgIpc) is 3.06. The lowest BCUT2D eigenvalue weighted by atomic mass is 9.99. The molecule has 0 saturated heterocycles. The SMILES string of the molecule is Cc1ccccc1-c1ccc(CN2CCOc3ccc([C@H](O)c4cccnc4)cc3C2)cc1. The van der Waals surface area contributed by atoms with E-state index >= 15 is 0 Å². The van der Waals surface area contributed by atoms with Crippen LogP contribution in [0.25, 0.3) is 11.1 Å². The minimum atomic E-state index is -0.699. The van der Waals surface area contributed by atoms with E-state index in [1.165, 1.54) is 22.3 Å². The zero-order valence-electron chi connectivity index (χ0n) is 18.8. The molecule has 4 aromatic rings. The van der Waals surface area contributed by atoms with Crippen molar-refractivity contribution in [3.63, 3.8) is 0 Å². The summed E-state index contributed by atoms with van der Waals surface area (Å²) in [5.41, 5.74) is 7.84. The van der Waals surface area contributed by atoms with Gasteiger partial charge in [0.05, 0.1) is 0 Å². The number of nitrogens with zero attached hydrogens (tertiary/aromatic N) is 2. The van der Waals surface area contributed by atoms with Crippen LogP contribution in [-0.4, -0.2) is 28.1 Å². The molecule has 3 aromatic carbocycles. The van der Waals surface area contributed by atoms with E-state index in [2.05, 4.69) is 71.4 Å². The first-order chi connectivity index (χ1) is 16.2. The summed E-state index contributed by atoms with van der Waals surface area (Å²) in [6.45, 7) is 5.29. The van der Waals surface area contributed by atoms with Gasteiger partial charge in [0.2, 0.25) is 0 Å². The van der Waals surface area contributed by atoms with Crippen LogP contribution in [0.3, 0.4) is 0 Å². The molecule has 33 heavy (non-hydrogen) atoms. The lowest BCUT2D eigenvalue weighted by molar-refractivity contribution is 0.218. The van der Waals surface area contributed by atoms with Crippen LogP contribution in [-0.2, 0) is 13.1 Å². The summed E-state index contributed by atoms with van der Waals surface area (Å²) in [7, 11) is 0. The van der Waals surface area contributed by atoms with Gasteiger partial charge >= 0.3 is 0 Å². The van der Waals surface area contributed by atoms with Gasteiger partial charge in [0.25, 0.3) is 0 Å². The first-order valence-electron chi connectivity index (χ1n) is 11.4. The molecule has 1 N–H and O–H groups in total. The Kier molecular flexibility index (Phi) is 6.20. The first-order valence-corrected chi connectivity index (χ1v) is 11.4. The second-order valence-corrected chi connectivity index (χ2v) is 8.63. The average molecular weight is 437 g/mol. The Labute approximate surface area is 195 Å². The van der Waals surface area contributed by atoms with E-state index in [1.807, 2.05) is 24.3 Å². The van der Waals surface area contributed by atoms with Crippen molar-refractivity contribution in [3.05, 3.63) is 119 Å². The topological polar surface area (TPSA) is 45.6 Å². The molecule has 1 aliphatic rings. The van der Waals surface area contributed by atoms with Gasteiger partial charge in [-0.15, -0.1) is 0 Å². The van der Waals surface area contributed by atoms with Crippen LogP contribution in [0.4, 0.5) is 0 Å². The summed E-state index contributed by atoms with van der Waals surface area (Å²) >= 11 is 0. The molecule has 0 saturated carbocycles. The standard InChI is InChI=1S/C29H28N2O2/c1-21-5-2-3-7-27(21)23-10-8-22(9-11-23)19-31-15-16-33-28-13-12-24(17-26(28)20-31)29(32)25-6-4-14-30-18-25/h2-14,17-18,29,32H,15-16,19-20H2,1H3/t29-/m0/s1. The van der Waals surface area contributed by atoms with Crippen molar-refractivity contribution >= 4 is 0 Å². The van der Waals surface area contributed by atoms with E-state index in [0.717, 1.165) is 42.1 Å². The number of aryl methyl sites for hydroxylation is 1. The molecule has 0 fully saturated rings. The highest BCUT2D eigenvalue weighted by molar-refractivity contribution is 5.67. The maximum absolute atomic E-state index is 10.8. The number of hydrogen-bond donors (Lipinski definition) is 1. The van der Waals surface area contributed by atoms with Crippen molar-refractivity contribution in [3.8, 4) is 16.9 Å². The number of aromatic nitrogens is 1. The second kappa shape index (κ2) is 9.57. The Hall–Kier alpha value is -3.47. The molecule has 0 radical (unpaired) electrons. The Morgan fingerprint density at radius 1 is 0.970 bits per heavy atom. The predicted octanol–water partition coefficient (Wildman–Crippen LogP) is 5.53. The fraction of sp³-hybridized carbons (Fsp3) is 0.207. The smallest absolute Gasteiger partial charge is 0.123 e. The highest BCUT2D eigenvalue weighted by Gasteiger charge is 2.19. The number of fused-ring (bicyclic) bond motifs is 1. The van der Waals surface area contributed by atoms with Gasteiger partial charge in [0, 0.05) is 43.2 Å². The molecule has 1 aromatic heterocycles. The van der Waals surface area contributed by atoms with Crippen molar-refractivity contribution in [2.45, 2.75) is 26.1 Å². The molecule has 4 heteroatoms. The molecule has 1 aliphatic heterocycles. The van der Waals surface area contributed by atoms with E-state index in [1.54, 1.807) is 12.4 Å². The molecule has 2 heterocycles. The molecule has 4 nitrogen and oxygen atoms in total. The van der Waals surface area contributed by atoms with Gasteiger partial charge in [-0.3, -0.25) is 9.88 Å². The van der Waals surface area contributed by atoms with Crippen molar-refractivity contribution in [2.24, 2.45) is 0 Å². The minimum Gasteiger partial charge on any atom is -0.492 e. The predicted molar refractivity (Wildman–Crippen MR) is 131 cm³/mol. The van der Waals surface area contributed by atoms with Gasteiger partial charge in [-0.1, -0.05) is 60.7 Å². The number of pyridine rings is 1. The molecule has 0 unspecified atom stereocenters. The molecule has 5 rings (SSSR count). The first kappa shape index (κ1) is 21.4. The highest BCUT2D eigenvalue weighted by atomic mass is 16.5. The largest absolute Gasteiger partial charge is 0.492 e. The van der Waals surface area contributed by atoms with Gasteiger partial charge in [0.15, 0.2) is 0 Å². The molecule has 0 aliphatic carbocycles. The van der Waals surface area contributed by atoms with Crippen LogP contribution >= 0.6 is 0 Å². The quantitative estimate of drug-likeness (QED) is 0.447. The summed E-state index contributed by atoms with van der Waals surface area (Å²) in [5, 5.41) is 10.8. The fourth-order valence-corrected chi connectivity index (χ4v) is 4.45. The van der Waals surface area contributed by atoms with Gasteiger partial charge in [-0.05, 0) is 52.9 Å². The molecule has 1 atom stereocenters. The van der Waals surface area contributed by atoms with Crippen LogP contribution in [0.15, 0.2) is 91.3 Å². The monoisotopic (exact) mass is 436 g/mol. The van der Waals surface area contributed by atoms with Crippen LogP contribution in [0.1, 0.15) is 33.9 Å². The van der Waals surface area contributed by atoms with Crippen molar-refractivity contribution in [1.29, 1.82) is 0 Å². The third-order valence-electron chi connectivity index (χ3n) is 6.28. The molecule has 166 valence electrons. The number of aliphatic hydroxyl groups is 1. The van der Waals surface area contributed by atoms with Crippen molar-refractivity contribution < 1.29 is 9.84 Å². The number of ether oxygens (including phenoxy) is 1. The van der Waals surface area contributed by atoms with Gasteiger partial charge in [0.1, 0.15) is 18.5 Å². The minimum absolute atomic E-state index is 0.652. The van der Waals surface area contributed by atoms with Crippen LogP contribution in [0.2, 0.25) is 0 Å². The summed E-state index contributed by atoms with van der Waals surface area (Å²) < 4.78 is 6.01. The fourth-order valence-electron chi connectivity index (χ4n) is 4.45. The zero-order chi connectivity index (χ0) is 22.6. The van der Waals surface area contributed by atoms with E-state index in [0.29, 0.717) is 6.61 Å². The van der Waals surface area contributed by atoms with Crippen molar-refractivity contribution in [1.82, 2.24) is 9.88 Å². The third kappa shape index (κ3) is 4.82. The Balaban J connectivity index is 1.32. The van der Waals surface area contributed by atoms with Gasteiger partial charge in [-0.25, -0.2) is 0 Å². The Morgan fingerprint density at radius 3 is 2.61 bits per heavy atom. The molecule has 0 bridgehead atoms. The highest BCUT2D eigenvalue weighted by Crippen LogP contribution is 2.30. The summed E-state index contributed by atoms with van der Waals surface area (Å²) in [6.07, 6.45) is 2.72. The summed E-state index contributed by atoms with van der Waals surface area (Å²) in [6, 6.07) is 27.1. The Morgan fingerprint density at radius 2 is 1.82 bits per heavy atom. The number of benzene rings is 3. The van der Waals surface area contributed by atoms with Crippen molar-refractivity contribution in [2.75, 3.05) is 13.2 Å². The molecule has 0 spiro atoms. The third-order valence-corrected chi connectivity index (χ3v) is 6.28. The second-order valence-electron chi connectivity index (χ2n) is 8.63. The summed E-state index contributed by atoms with van der Waals surface area (Å²) in [4.78, 5) is 6.53. The number of hydrogen-bond acceptors (Lipinski definition) is 4. The summed E-state index contributed by atoms with van der Waals surface area (Å²) in [5.74, 6) is 0.898. The molecular formula is C29H28N2O2. The van der Waals surface area contributed by atoms with Crippen LogP contribution in [0.5, 0.6) is 5.75 Å². The van der Waals surface area contributed by atoms with E-state index in [-0.39, 0.29) is 0 Å². The molecule has 0 amide bonds. The van der Waals surface area contributed by atoms with Gasteiger partial charge < -0.3 is 9.84 Å². The van der Waals surface area contributed by atoms with Gasteiger partial charge in [-0.2, -0.15) is 0 Å². The lowest BCUT2D eigenvalue weighted by Gasteiger charge is -2.20. The molecular weight excluding hydrogens is 408 g/mol. The van der Waals surface area contributed by atoms with Crippen LogP contribution < -0.4 is 4.74 Å². The van der Waals surface area contributed by atoms with E-state index in [4.69, 9.17) is 4.74 Å². The zero-order valence-corrected chi connectivity index (χ0v) is 18.8. The maximum Gasteiger partial charge on any atom is 0.123 e. The van der Waals surface area contributed by atoms with Crippen LogP contribution in [0, 0.1) is 6.92 Å². The normalized spacial score (nSPS) is 14.7.